The summed E-state index contributed by atoms with van der Waals surface area (Å²) in [5.74, 6) is -2.82. The summed E-state index contributed by atoms with van der Waals surface area (Å²) in [6.07, 6.45) is 0.971. The minimum Gasteiger partial charge on any atom is -0.444 e. The standard InChI is InChI=1S/C16H17F2N3O2/c1-10-2-4-11(5-3-10)15-21-12(8-23-15)7-19-14(22)13-6-16(17,18)9-20-13/h2-5,8,13,20H,6-7,9H2,1H3,(H,19,22). The van der Waals surface area contributed by atoms with Crippen molar-refractivity contribution in [3.8, 4) is 11.5 Å². The molecule has 23 heavy (non-hydrogen) atoms. The molecule has 122 valence electrons. The molecule has 1 aromatic carbocycles. The lowest BCUT2D eigenvalue weighted by Crippen LogP contribution is -2.40. The van der Waals surface area contributed by atoms with E-state index in [0.29, 0.717) is 11.6 Å². The highest BCUT2D eigenvalue weighted by molar-refractivity contribution is 5.82. The van der Waals surface area contributed by atoms with Crippen LogP contribution in [0, 0.1) is 6.92 Å². The Kier molecular flexibility index (Phi) is 4.12. The molecule has 0 spiro atoms. The number of hydrogen-bond donors (Lipinski definition) is 2. The van der Waals surface area contributed by atoms with Crippen molar-refractivity contribution >= 4 is 5.91 Å². The molecule has 0 bridgehead atoms. The van der Waals surface area contributed by atoms with Gasteiger partial charge in [-0.05, 0) is 19.1 Å². The summed E-state index contributed by atoms with van der Waals surface area (Å²) >= 11 is 0. The molecule has 5 nitrogen and oxygen atoms in total. The lowest BCUT2D eigenvalue weighted by molar-refractivity contribution is -0.123. The second-order valence-corrected chi connectivity index (χ2v) is 5.72. The normalized spacial score (nSPS) is 19.7. The van der Waals surface area contributed by atoms with Crippen LogP contribution < -0.4 is 10.6 Å². The number of oxazole rings is 1. The van der Waals surface area contributed by atoms with E-state index in [1.807, 2.05) is 31.2 Å². The quantitative estimate of drug-likeness (QED) is 0.906. The number of aromatic nitrogens is 1. The van der Waals surface area contributed by atoms with Crippen molar-refractivity contribution in [3.63, 3.8) is 0 Å². The third kappa shape index (κ3) is 3.73. The van der Waals surface area contributed by atoms with Crippen molar-refractivity contribution in [2.75, 3.05) is 6.54 Å². The predicted octanol–water partition coefficient (Wildman–Crippen LogP) is 2.26. The van der Waals surface area contributed by atoms with E-state index in [2.05, 4.69) is 15.6 Å². The van der Waals surface area contributed by atoms with Crippen molar-refractivity contribution in [3.05, 3.63) is 41.8 Å². The first kappa shape index (κ1) is 15.6. The molecule has 2 heterocycles. The average molecular weight is 321 g/mol. The van der Waals surface area contributed by atoms with Crippen LogP contribution in [0.4, 0.5) is 8.78 Å². The van der Waals surface area contributed by atoms with Gasteiger partial charge >= 0.3 is 0 Å². The van der Waals surface area contributed by atoms with Crippen LogP contribution >= 0.6 is 0 Å². The number of benzene rings is 1. The molecule has 0 saturated carbocycles. The first-order valence-corrected chi connectivity index (χ1v) is 7.33. The number of nitrogens with one attached hydrogen (secondary N) is 2. The second-order valence-electron chi connectivity index (χ2n) is 5.72. The fourth-order valence-electron chi connectivity index (χ4n) is 2.42. The number of hydrogen-bond acceptors (Lipinski definition) is 4. The molecule has 1 unspecified atom stereocenters. The summed E-state index contributed by atoms with van der Waals surface area (Å²) in [6.45, 7) is 1.66. The van der Waals surface area contributed by atoms with Gasteiger partial charge in [-0.15, -0.1) is 0 Å². The number of aryl methyl sites for hydroxylation is 1. The minimum atomic E-state index is -2.82. The molecule has 0 aliphatic carbocycles. The monoisotopic (exact) mass is 321 g/mol. The second kappa shape index (κ2) is 6.08. The summed E-state index contributed by atoms with van der Waals surface area (Å²) in [7, 11) is 0. The van der Waals surface area contributed by atoms with Gasteiger partial charge in [-0.1, -0.05) is 17.7 Å². The Morgan fingerprint density at radius 1 is 1.43 bits per heavy atom. The van der Waals surface area contributed by atoms with Crippen molar-refractivity contribution in [1.29, 1.82) is 0 Å². The number of halogens is 2. The van der Waals surface area contributed by atoms with Gasteiger partial charge in [0.25, 0.3) is 5.92 Å². The van der Waals surface area contributed by atoms with Crippen LogP contribution in [0.5, 0.6) is 0 Å². The van der Waals surface area contributed by atoms with Gasteiger partial charge in [0, 0.05) is 12.0 Å². The number of amides is 1. The zero-order valence-corrected chi connectivity index (χ0v) is 12.6. The third-order valence-electron chi connectivity index (χ3n) is 3.72. The van der Waals surface area contributed by atoms with E-state index in [4.69, 9.17) is 4.42 Å². The van der Waals surface area contributed by atoms with Gasteiger partial charge in [0.05, 0.1) is 24.8 Å². The molecule has 1 atom stereocenters. The molecule has 1 saturated heterocycles. The van der Waals surface area contributed by atoms with E-state index in [1.54, 1.807) is 0 Å². The van der Waals surface area contributed by atoms with Crippen LogP contribution in [-0.2, 0) is 11.3 Å². The van der Waals surface area contributed by atoms with Crippen LogP contribution in [0.2, 0.25) is 0 Å². The van der Waals surface area contributed by atoms with E-state index in [0.717, 1.165) is 11.1 Å². The van der Waals surface area contributed by atoms with E-state index < -0.39 is 30.8 Å². The largest absolute Gasteiger partial charge is 0.444 e. The zero-order valence-electron chi connectivity index (χ0n) is 12.6. The van der Waals surface area contributed by atoms with Crippen LogP contribution in [0.25, 0.3) is 11.5 Å². The third-order valence-corrected chi connectivity index (χ3v) is 3.72. The van der Waals surface area contributed by atoms with Crippen LogP contribution in [-0.4, -0.2) is 29.4 Å². The molecule has 1 aliphatic rings. The molecule has 3 rings (SSSR count). The number of alkyl halides is 2. The highest BCUT2D eigenvalue weighted by atomic mass is 19.3. The summed E-state index contributed by atoms with van der Waals surface area (Å²) < 4.78 is 31.5. The number of rotatable bonds is 4. The van der Waals surface area contributed by atoms with E-state index in [-0.39, 0.29) is 6.54 Å². The summed E-state index contributed by atoms with van der Waals surface area (Å²) in [5, 5.41) is 5.11. The van der Waals surface area contributed by atoms with Crippen LogP contribution in [0.15, 0.2) is 34.9 Å². The Labute approximate surface area is 132 Å². The molecule has 2 aromatic rings. The van der Waals surface area contributed by atoms with Gasteiger partial charge in [0.15, 0.2) is 0 Å². The Hall–Kier alpha value is -2.28. The topological polar surface area (TPSA) is 67.2 Å². The van der Waals surface area contributed by atoms with E-state index >= 15 is 0 Å². The maximum Gasteiger partial charge on any atom is 0.262 e. The minimum absolute atomic E-state index is 0.137. The van der Waals surface area contributed by atoms with Crippen LogP contribution in [0.3, 0.4) is 0 Å². The van der Waals surface area contributed by atoms with Crippen LogP contribution in [0.1, 0.15) is 17.7 Å². The first-order chi connectivity index (χ1) is 10.9. The van der Waals surface area contributed by atoms with Crippen molar-refractivity contribution < 1.29 is 18.0 Å². The highest BCUT2D eigenvalue weighted by Crippen LogP contribution is 2.25. The smallest absolute Gasteiger partial charge is 0.262 e. The Bertz CT molecular complexity index is 698. The Morgan fingerprint density at radius 2 is 2.17 bits per heavy atom. The van der Waals surface area contributed by atoms with Crippen molar-refractivity contribution in [2.45, 2.75) is 31.9 Å². The molecule has 1 aliphatic heterocycles. The molecular weight excluding hydrogens is 304 g/mol. The van der Waals surface area contributed by atoms with Gasteiger partial charge in [-0.25, -0.2) is 13.8 Å². The molecule has 0 radical (unpaired) electrons. The number of carbonyl (C=O) groups excluding carboxylic acids is 1. The molecule has 2 N–H and O–H groups in total. The molecule has 1 fully saturated rings. The SMILES string of the molecule is Cc1ccc(-c2nc(CNC(=O)C3CC(F)(F)CN3)co2)cc1. The maximum absolute atomic E-state index is 13.1. The first-order valence-electron chi connectivity index (χ1n) is 7.33. The lowest BCUT2D eigenvalue weighted by atomic mass is 10.1. The van der Waals surface area contributed by atoms with E-state index in [1.165, 1.54) is 6.26 Å². The number of nitrogens with zero attached hydrogens (tertiary/aromatic N) is 1. The summed E-state index contributed by atoms with van der Waals surface area (Å²) in [6, 6.07) is 6.83. The lowest BCUT2D eigenvalue weighted by Gasteiger charge is -2.09. The van der Waals surface area contributed by atoms with Gasteiger partial charge in [-0.3, -0.25) is 10.1 Å². The van der Waals surface area contributed by atoms with Gasteiger partial charge in [-0.2, -0.15) is 0 Å². The predicted molar refractivity (Wildman–Crippen MR) is 79.9 cm³/mol. The average Bonchev–Trinajstić information content (AvgIpc) is 3.12. The zero-order chi connectivity index (χ0) is 16.4. The molecule has 1 aromatic heterocycles. The van der Waals surface area contributed by atoms with E-state index in [9.17, 15) is 13.6 Å². The fraction of sp³-hybridized carbons (Fsp3) is 0.375. The summed E-state index contributed by atoms with van der Waals surface area (Å²) in [5.41, 5.74) is 2.51. The van der Waals surface area contributed by atoms with Crippen molar-refractivity contribution in [1.82, 2.24) is 15.6 Å². The Morgan fingerprint density at radius 3 is 2.83 bits per heavy atom. The molecule has 1 amide bonds. The Balaban J connectivity index is 1.57. The highest BCUT2D eigenvalue weighted by Gasteiger charge is 2.42. The van der Waals surface area contributed by atoms with Gasteiger partial charge < -0.3 is 9.73 Å². The summed E-state index contributed by atoms with van der Waals surface area (Å²) in [4.78, 5) is 16.1. The molecule has 7 heteroatoms. The van der Waals surface area contributed by atoms with Crippen molar-refractivity contribution in [2.24, 2.45) is 0 Å². The molecular formula is C16H17F2N3O2. The van der Waals surface area contributed by atoms with Gasteiger partial charge in [0.2, 0.25) is 11.8 Å². The number of carbonyl (C=O) groups is 1. The fourth-order valence-corrected chi connectivity index (χ4v) is 2.42. The van der Waals surface area contributed by atoms with Gasteiger partial charge in [0.1, 0.15) is 6.26 Å². The maximum atomic E-state index is 13.1.